The lowest BCUT2D eigenvalue weighted by atomic mass is 9.88. The Balaban J connectivity index is 2.63. The Hall–Kier alpha value is -0.730. The van der Waals surface area contributed by atoms with Crippen molar-refractivity contribution in [2.45, 2.75) is 33.2 Å². The summed E-state index contributed by atoms with van der Waals surface area (Å²) >= 11 is 5.90. The van der Waals surface area contributed by atoms with Gasteiger partial charge in [-0.2, -0.15) is 0 Å². The van der Waals surface area contributed by atoms with Gasteiger partial charge in [0.25, 0.3) is 0 Å². The van der Waals surface area contributed by atoms with Crippen LogP contribution in [0.1, 0.15) is 27.2 Å². The molecule has 1 aromatic rings. The summed E-state index contributed by atoms with van der Waals surface area (Å²) in [5, 5.41) is 13.3. The van der Waals surface area contributed by atoms with E-state index in [0.717, 1.165) is 12.1 Å². The highest BCUT2D eigenvalue weighted by atomic mass is 35.5. The normalized spacial score (nSPS) is 13.6. The molecule has 90 valence electrons. The summed E-state index contributed by atoms with van der Waals surface area (Å²) in [7, 11) is 0. The molecule has 1 aromatic carbocycles. The van der Waals surface area contributed by atoms with Crippen molar-refractivity contribution in [3.8, 4) is 0 Å². The third-order valence-corrected chi connectivity index (χ3v) is 2.51. The zero-order valence-corrected chi connectivity index (χ0v) is 10.9. The molecule has 0 aliphatic heterocycles. The van der Waals surface area contributed by atoms with Crippen molar-refractivity contribution in [3.05, 3.63) is 29.3 Å². The Kier molecular flexibility index (Phi) is 4.63. The minimum Gasteiger partial charge on any atom is -0.394 e. The Morgan fingerprint density at radius 2 is 2.06 bits per heavy atom. The van der Waals surface area contributed by atoms with E-state index >= 15 is 0 Å². The fraction of sp³-hybridized carbons (Fsp3) is 0.538. The Morgan fingerprint density at radius 3 is 2.56 bits per heavy atom. The van der Waals surface area contributed by atoms with Crippen LogP contribution in [0.4, 0.5) is 5.69 Å². The van der Waals surface area contributed by atoms with Crippen molar-refractivity contribution in [3.63, 3.8) is 0 Å². The number of anilines is 1. The number of benzene rings is 1. The predicted molar refractivity (Wildman–Crippen MR) is 70.0 cm³/mol. The number of hydrogen-bond acceptors (Lipinski definition) is 2. The molecule has 0 aliphatic rings. The minimum atomic E-state index is 0.0680. The lowest BCUT2D eigenvalue weighted by Gasteiger charge is -2.26. The van der Waals surface area contributed by atoms with Gasteiger partial charge in [0.05, 0.1) is 6.61 Å². The maximum Gasteiger partial charge on any atom is 0.0633 e. The number of nitrogens with one attached hydrogen (secondary N) is 1. The van der Waals surface area contributed by atoms with Gasteiger partial charge < -0.3 is 10.4 Å². The molecule has 0 aliphatic carbocycles. The van der Waals surface area contributed by atoms with Gasteiger partial charge in [-0.25, -0.2) is 0 Å². The van der Waals surface area contributed by atoms with E-state index in [1.807, 2.05) is 24.3 Å². The van der Waals surface area contributed by atoms with Crippen molar-refractivity contribution in [2.24, 2.45) is 5.41 Å². The third kappa shape index (κ3) is 4.86. The van der Waals surface area contributed by atoms with Crippen molar-refractivity contribution in [2.75, 3.05) is 11.9 Å². The van der Waals surface area contributed by atoms with Crippen LogP contribution in [0.5, 0.6) is 0 Å². The summed E-state index contributed by atoms with van der Waals surface area (Å²) in [5.41, 5.74) is 1.15. The van der Waals surface area contributed by atoms with Gasteiger partial charge >= 0.3 is 0 Å². The standard InChI is InChI=1S/C13H20ClNO/c1-13(2,3)8-12(9-16)15-11-6-4-5-10(14)7-11/h4-7,12,15-16H,8-9H2,1-3H3. The smallest absolute Gasteiger partial charge is 0.0633 e. The Labute approximate surface area is 103 Å². The molecule has 3 heteroatoms. The molecule has 0 radical (unpaired) electrons. The largest absolute Gasteiger partial charge is 0.394 e. The number of rotatable bonds is 4. The summed E-state index contributed by atoms with van der Waals surface area (Å²) in [6.07, 6.45) is 0.913. The second-order valence-electron chi connectivity index (χ2n) is 5.30. The fourth-order valence-electron chi connectivity index (χ4n) is 1.71. The van der Waals surface area contributed by atoms with Crippen molar-refractivity contribution in [1.82, 2.24) is 0 Å². The average molecular weight is 242 g/mol. The van der Waals surface area contributed by atoms with E-state index in [1.165, 1.54) is 0 Å². The summed E-state index contributed by atoms with van der Waals surface area (Å²) in [6.45, 7) is 6.61. The van der Waals surface area contributed by atoms with Crippen molar-refractivity contribution < 1.29 is 5.11 Å². The second kappa shape index (κ2) is 5.55. The van der Waals surface area contributed by atoms with Gasteiger partial charge in [0.15, 0.2) is 0 Å². The topological polar surface area (TPSA) is 32.3 Å². The number of aliphatic hydroxyl groups is 1. The molecule has 16 heavy (non-hydrogen) atoms. The van der Waals surface area contributed by atoms with Crippen LogP contribution in [-0.2, 0) is 0 Å². The highest BCUT2D eigenvalue weighted by Gasteiger charge is 2.17. The van der Waals surface area contributed by atoms with Gasteiger partial charge in [0.2, 0.25) is 0 Å². The highest BCUT2D eigenvalue weighted by molar-refractivity contribution is 6.30. The summed E-state index contributed by atoms with van der Waals surface area (Å²) in [6, 6.07) is 7.63. The summed E-state index contributed by atoms with van der Waals surface area (Å²) in [4.78, 5) is 0. The van der Waals surface area contributed by atoms with Gasteiger partial charge in [0, 0.05) is 16.8 Å². The predicted octanol–water partition coefficient (Wildman–Crippen LogP) is 3.55. The van der Waals surface area contributed by atoms with Crippen LogP contribution in [0.2, 0.25) is 5.02 Å². The molecule has 0 spiro atoms. The first-order valence-electron chi connectivity index (χ1n) is 5.54. The van der Waals surface area contributed by atoms with Crippen LogP contribution < -0.4 is 5.32 Å². The molecule has 1 unspecified atom stereocenters. The molecular weight excluding hydrogens is 222 g/mol. The number of halogens is 1. The van der Waals surface area contributed by atoms with Crippen LogP contribution in [0, 0.1) is 5.41 Å². The van der Waals surface area contributed by atoms with Crippen molar-refractivity contribution >= 4 is 17.3 Å². The lowest BCUT2D eigenvalue weighted by molar-refractivity contribution is 0.234. The van der Waals surface area contributed by atoms with Gasteiger partial charge in [-0.15, -0.1) is 0 Å². The molecule has 0 bridgehead atoms. The van der Waals surface area contributed by atoms with Crippen LogP contribution >= 0.6 is 11.6 Å². The molecule has 2 nitrogen and oxygen atoms in total. The molecule has 2 N–H and O–H groups in total. The Morgan fingerprint density at radius 1 is 1.38 bits per heavy atom. The maximum atomic E-state index is 9.32. The SMILES string of the molecule is CC(C)(C)CC(CO)Nc1cccc(Cl)c1. The third-order valence-electron chi connectivity index (χ3n) is 2.27. The number of aliphatic hydroxyl groups excluding tert-OH is 1. The summed E-state index contributed by atoms with van der Waals surface area (Å²) in [5.74, 6) is 0. The van der Waals surface area contributed by atoms with Gasteiger partial charge in [-0.1, -0.05) is 38.4 Å². The van der Waals surface area contributed by atoms with Crippen LogP contribution in [0.25, 0.3) is 0 Å². The van der Waals surface area contributed by atoms with Gasteiger partial charge in [-0.05, 0) is 30.0 Å². The van der Waals surface area contributed by atoms with E-state index < -0.39 is 0 Å². The first-order chi connectivity index (χ1) is 7.40. The Bertz CT molecular complexity index is 333. The molecule has 0 heterocycles. The van der Waals surface area contributed by atoms with E-state index in [0.29, 0.717) is 5.02 Å². The van der Waals surface area contributed by atoms with Crippen LogP contribution in [0.15, 0.2) is 24.3 Å². The molecule has 0 saturated heterocycles. The van der Waals surface area contributed by atoms with Gasteiger partial charge in [0.1, 0.15) is 0 Å². The molecule has 1 rings (SSSR count). The first kappa shape index (κ1) is 13.3. The molecule has 0 saturated carbocycles. The molecule has 1 atom stereocenters. The average Bonchev–Trinajstić information content (AvgIpc) is 2.14. The maximum absolute atomic E-state index is 9.32. The van der Waals surface area contributed by atoms with E-state index in [1.54, 1.807) is 0 Å². The van der Waals surface area contributed by atoms with Gasteiger partial charge in [-0.3, -0.25) is 0 Å². The molecule has 0 amide bonds. The summed E-state index contributed by atoms with van der Waals surface area (Å²) < 4.78 is 0. The monoisotopic (exact) mass is 241 g/mol. The van der Waals surface area contributed by atoms with Crippen LogP contribution in [0.3, 0.4) is 0 Å². The zero-order chi connectivity index (χ0) is 12.2. The van der Waals surface area contributed by atoms with E-state index in [9.17, 15) is 5.11 Å². The van der Waals surface area contributed by atoms with E-state index in [-0.39, 0.29) is 18.1 Å². The van der Waals surface area contributed by atoms with E-state index in [2.05, 4.69) is 26.1 Å². The zero-order valence-electron chi connectivity index (χ0n) is 10.1. The van der Waals surface area contributed by atoms with Crippen molar-refractivity contribution in [1.29, 1.82) is 0 Å². The lowest BCUT2D eigenvalue weighted by Crippen LogP contribution is -2.29. The minimum absolute atomic E-state index is 0.0680. The van der Waals surface area contributed by atoms with E-state index in [4.69, 9.17) is 11.6 Å². The number of hydrogen-bond donors (Lipinski definition) is 2. The molecule has 0 fully saturated rings. The second-order valence-corrected chi connectivity index (χ2v) is 5.74. The highest BCUT2D eigenvalue weighted by Crippen LogP contribution is 2.23. The molecular formula is C13H20ClNO. The quantitative estimate of drug-likeness (QED) is 0.845. The molecule has 0 aromatic heterocycles. The fourth-order valence-corrected chi connectivity index (χ4v) is 1.90. The first-order valence-corrected chi connectivity index (χ1v) is 5.91. The van der Waals surface area contributed by atoms with Crippen LogP contribution in [-0.4, -0.2) is 17.8 Å².